The molecule has 1 aromatic carbocycles. The number of hydrogen-bond acceptors (Lipinski definition) is 3. The largest absolute Gasteiger partial charge is 0.347 e. The van der Waals surface area contributed by atoms with Crippen molar-refractivity contribution in [2.75, 3.05) is 6.54 Å². The van der Waals surface area contributed by atoms with Crippen molar-refractivity contribution in [3.8, 4) is 0 Å². The summed E-state index contributed by atoms with van der Waals surface area (Å²) in [6.07, 6.45) is 4.06. The van der Waals surface area contributed by atoms with Crippen LogP contribution in [0.5, 0.6) is 0 Å². The molecule has 1 unspecified atom stereocenters. The molecule has 0 bridgehead atoms. The maximum absolute atomic E-state index is 11.9. The summed E-state index contributed by atoms with van der Waals surface area (Å²) in [6, 6.07) is 8.60. The molecule has 0 fully saturated rings. The summed E-state index contributed by atoms with van der Waals surface area (Å²) < 4.78 is 0. The van der Waals surface area contributed by atoms with Crippen molar-refractivity contribution in [3.05, 3.63) is 54.1 Å². The van der Waals surface area contributed by atoms with Gasteiger partial charge in [0.2, 0.25) is 5.91 Å². The van der Waals surface area contributed by atoms with Crippen LogP contribution < -0.4 is 10.6 Å². The second kappa shape index (κ2) is 7.23. The highest BCUT2D eigenvalue weighted by Gasteiger charge is 2.15. The number of amides is 2. The maximum Gasteiger partial charge on any atom is 0.251 e. The highest BCUT2D eigenvalue weighted by Crippen LogP contribution is 2.10. The van der Waals surface area contributed by atoms with Crippen molar-refractivity contribution in [2.24, 2.45) is 0 Å². The van der Waals surface area contributed by atoms with E-state index in [4.69, 9.17) is 0 Å². The number of H-pyrrole nitrogens is 1. The van der Waals surface area contributed by atoms with Gasteiger partial charge in [-0.1, -0.05) is 25.1 Å². The van der Waals surface area contributed by atoms with Gasteiger partial charge < -0.3 is 15.6 Å². The molecule has 2 rings (SSSR count). The molecule has 2 aromatic rings. The average molecular weight is 286 g/mol. The van der Waals surface area contributed by atoms with Gasteiger partial charge in [-0.2, -0.15) is 0 Å². The van der Waals surface area contributed by atoms with Crippen molar-refractivity contribution in [1.29, 1.82) is 0 Å². The van der Waals surface area contributed by atoms with Crippen molar-refractivity contribution >= 4 is 11.8 Å². The molecule has 0 saturated heterocycles. The third kappa shape index (κ3) is 4.17. The molecular weight excluding hydrogens is 268 g/mol. The molecule has 3 N–H and O–H groups in total. The van der Waals surface area contributed by atoms with Gasteiger partial charge in [0.15, 0.2) is 0 Å². The Morgan fingerprint density at radius 2 is 2.05 bits per heavy atom. The number of carbonyl (C=O) groups is 2. The van der Waals surface area contributed by atoms with E-state index in [0.717, 1.165) is 0 Å². The van der Waals surface area contributed by atoms with Gasteiger partial charge in [-0.05, 0) is 18.6 Å². The smallest absolute Gasteiger partial charge is 0.251 e. The summed E-state index contributed by atoms with van der Waals surface area (Å²) in [5, 5.41) is 5.42. The van der Waals surface area contributed by atoms with Crippen LogP contribution in [0.15, 0.2) is 42.7 Å². The molecule has 0 aliphatic carbocycles. The molecule has 0 aliphatic rings. The van der Waals surface area contributed by atoms with Gasteiger partial charge in [-0.25, -0.2) is 4.98 Å². The van der Waals surface area contributed by atoms with Gasteiger partial charge in [0.1, 0.15) is 5.82 Å². The average Bonchev–Trinajstić information content (AvgIpc) is 3.05. The van der Waals surface area contributed by atoms with E-state index < -0.39 is 0 Å². The highest BCUT2D eigenvalue weighted by atomic mass is 16.2. The first-order chi connectivity index (χ1) is 10.2. The lowest BCUT2D eigenvalue weighted by Gasteiger charge is -2.15. The third-order valence-corrected chi connectivity index (χ3v) is 3.04. The zero-order chi connectivity index (χ0) is 15.1. The van der Waals surface area contributed by atoms with Crippen LogP contribution in [0.1, 0.15) is 35.6 Å². The fraction of sp³-hybridized carbons (Fsp3) is 0.267. The molecule has 21 heavy (non-hydrogen) atoms. The van der Waals surface area contributed by atoms with Crippen molar-refractivity contribution in [3.63, 3.8) is 0 Å². The van der Waals surface area contributed by atoms with E-state index in [9.17, 15) is 9.59 Å². The van der Waals surface area contributed by atoms with Gasteiger partial charge in [0.05, 0.1) is 12.6 Å². The van der Waals surface area contributed by atoms with E-state index in [2.05, 4.69) is 20.6 Å². The number of aromatic amines is 1. The SMILES string of the molecule is CCC(NC(=O)CNC(=O)c1ccccc1)c1ncc[nH]1. The van der Waals surface area contributed by atoms with Gasteiger partial charge >= 0.3 is 0 Å². The minimum Gasteiger partial charge on any atom is -0.347 e. The molecular formula is C15H18N4O2. The number of hydrogen-bond donors (Lipinski definition) is 3. The predicted molar refractivity (Wildman–Crippen MR) is 78.5 cm³/mol. The predicted octanol–water partition coefficient (Wildman–Crippen LogP) is 1.41. The number of rotatable bonds is 6. The molecule has 0 spiro atoms. The van der Waals surface area contributed by atoms with Crippen LogP contribution in [0.2, 0.25) is 0 Å². The lowest BCUT2D eigenvalue weighted by molar-refractivity contribution is -0.120. The molecule has 6 nitrogen and oxygen atoms in total. The highest BCUT2D eigenvalue weighted by molar-refractivity contribution is 5.96. The second-order valence-corrected chi connectivity index (χ2v) is 4.55. The van der Waals surface area contributed by atoms with Crippen LogP contribution in [-0.4, -0.2) is 28.3 Å². The second-order valence-electron chi connectivity index (χ2n) is 4.55. The third-order valence-electron chi connectivity index (χ3n) is 3.04. The van der Waals surface area contributed by atoms with Crippen LogP contribution in [0.3, 0.4) is 0 Å². The topological polar surface area (TPSA) is 86.9 Å². The lowest BCUT2D eigenvalue weighted by Crippen LogP contribution is -2.38. The molecule has 0 radical (unpaired) electrons. The number of carbonyl (C=O) groups excluding carboxylic acids is 2. The number of benzene rings is 1. The summed E-state index contributed by atoms with van der Waals surface area (Å²) in [5.74, 6) is 0.194. The fourth-order valence-corrected chi connectivity index (χ4v) is 1.93. The van der Waals surface area contributed by atoms with Crippen LogP contribution in [0.25, 0.3) is 0 Å². The number of imidazole rings is 1. The van der Waals surface area contributed by atoms with Gasteiger partial charge in [-0.3, -0.25) is 9.59 Å². The Bertz CT molecular complexity index is 581. The molecule has 1 aromatic heterocycles. The fourth-order valence-electron chi connectivity index (χ4n) is 1.93. The Hall–Kier alpha value is -2.63. The number of nitrogens with zero attached hydrogens (tertiary/aromatic N) is 1. The van der Waals surface area contributed by atoms with E-state index in [1.54, 1.807) is 36.7 Å². The number of nitrogens with one attached hydrogen (secondary N) is 3. The first kappa shape index (κ1) is 14.8. The van der Waals surface area contributed by atoms with Gasteiger partial charge in [-0.15, -0.1) is 0 Å². The van der Waals surface area contributed by atoms with E-state index in [1.165, 1.54) is 0 Å². The van der Waals surface area contributed by atoms with E-state index in [0.29, 0.717) is 17.8 Å². The summed E-state index contributed by atoms with van der Waals surface area (Å²) in [4.78, 5) is 30.8. The number of aromatic nitrogens is 2. The van der Waals surface area contributed by atoms with Crippen LogP contribution in [0, 0.1) is 0 Å². The molecule has 0 saturated carbocycles. The van der Waals surface area contributed by atoms with Gasteiger partial charge in [0, 0.05) is 18.0 Å². The Morgan fingerprint density at radius 1 is 1.29 bits per heavy atom. The minimum absolute atomic E-state index is 0.0645. The normalized spacial score (nSPS) is 11.7. The lowest BCUT2D eigenvalue weighted by atomic mass is 10.2. The Labute approximate surface area is 123 Å². The van der Waals surface area contributed by atoms with Crippen LogP contribution in [0.4, 0.5) is 0 Å². The summed E-state index contributed by atoms with van der Waals surface area (Å²) in [7, 11) is 0. The molecule has 110 valence electrons. The van der Waals surface area contributed by atoms with Crippen LogP contribution >= 0.6 is 0 Å². The maximum atomic E-state index is 11.9. The van der Waals surface area contributed by atoms with Crippen molar-refractivity contribution < 1.29 is 9.59 Å². The Kier molecular flexibility index (Phi) is 5.09. The summed E-state index contributed by atoms with van der Waals surface area (Å²) in [6.45, 7) is 1.89. The summed E-state index contributed by atoms with van der Waals surface area (Å²) in [5.41, 5.74) is 0.531. The van der Waals surface area contributed by atoms with Gasteiger partial charge in [0.25, 0.3) is 5.91 Å². The van der Waals surface area contributed by atoms with Crippen LogP contribution in [-0.2, 0) is 4.79 Å². The zero-order valence-corrected chi connectivity index (χ0v) is 11.8. The molecule has 2 amide bonds. The monoisotopic (exact) mass is 286 g/mol. The van der Waals surface area contributed by atoms with Crippen molar-refractivity contribution in [1.82, 2.24) is 20.6 Å². The Balaban J connectivity index is 1.83. The standard InChI is InChI=1S/C15H18N4O2/c1-2-12(14-16-8-9-17-14)19-13(20)10-18-15(21)11-6-4-3-5-7-11/h3-9,12H,2,10H2,1H3,(H,16,17)(H,18,21)(H,19,20). The van der Waals surface area contributed by atoms with E-state index in [-0.39, 0.29) is 24.4 Å². The van der Waals surface area contributed by atoms with E-state index >= 15 is 0 Å². The van der Waals surface area contributed by atoms with E-state index in [1.807, 2.05) is 13.0 Å². The quantitative estimate of drug-likeness (QED) is 0.750. The molecule has 1 atom stereocenters. The molecule has 0 aliphatic heterocycles. The minimum atomic E-state index is -0.267. The molecule has 6 heteroatoms. The first-order valence-electron chi connectivity index (χ1n) is 6.82. The summed E-state index contributed by atoms with van der Waals surface area (Å²) >= 11 is 0. The van der Waals surface area contributed by atoms with Crippen molar-refractivity contribution in [2.45, 2.75) is 19.4 Å². The first-order valence-corrected chi connectivity index (χ1v) is 6.82. The molecule has 1 heterocycles. The zero-order valence-electron chi connectivity index (χ0n) is 11.8. The Morgan fingerprint density at radius 3 is 2.67 bits per heavy atom.